The maximum Gasteiger partial charge on any atom is 0.317 e. The number of carbonyl (C=O) groups is 1. The van der Waals surface area contributed by atoms with Crippen LogP contribution >= 0.6 is 23.2 Å². The molecular weight excluding hydrogens is 364 g/mol. The Kier molecular flexibility index (Phi) is 7.35. The molecule has 1 fully saturated rings. The highest BCUT2D eigenvalue weighted by Gasteiger charge is 2.25. The molecule has 0 saturated carbocycles. The van der Waals surface area contributed by atoms with Gasteiger partial charge >= 0.3 is 6.03 Å². The summed E-state index contributed by atoms with van der Waals surface area (Å²) in [5, 5.41) is 3.72. The molecular formula is C18H26Cl2FN3O. The van der Waals surface area contributed by atoms with Gasteiger partial charge in [-0.15, -0.1) is 0 Å². The minimum Gasteiger partial charge on any atom is -0.331 e. The number of alkyl halides is 1. The molecule has 1 atom stereocenters. The number of aryl methyl sites for hydroxylation is 1. The molecule has 1 saturated heterocycles. The number of likely N-dealkylation sites (tertiary alicyclic amines) is 1. The van der Waals surface area contributed by atoms with Crippen molar-refractivity contribution in [3.63, 3.8) is 0 Å². The maximum absolute atomic E-state index is 12.5. The monoisotopic (exact) mass is 389 g/mol. The highest BCUT2D eigenvalue weighted by atomic mass is 35.5. The summed E-state index contributed by atoms with van der Waals surface area (Å²) >= 11 is 12.6. The Morgan fingerprint density at radius 3 is 2.60 bits per heavy atom. The van der Waals surface area contributed by atoms with Crippen LogP contribution in [0.4, 0.5) is 9.18 Å². The van der Waals surface area contributed by atoms with Gasteiger partial charge in [0.1, 0.15) is 0 Å². The largest absolute Gasteiger partial charge is 0.331 e. The molecule has 140 valence electrons. The van der Waals surface area contributed by atoms with Gasteiger partial charge in [-0.25, -0.2) is 4.79 Å². The van der Waals surface area contributed by atoms with Gasteiger partial charge in [-0.05, 0) is 51.0 Å². The first-order valence-corrected chi connectivity index (χ1v) is 9.35. The number of halogens is 3. The van der Waals surface area contributed by atoms with Crippen molar-refractivity contribution in [2.75, 3.05) is 33.9 Å². The fourth-order valence-electron chi connectivity index (χ4n) is 3.15. The quantitative estimate of drug-likeness (QED) is 0.814. The van der Waals surface area contributed by atoms with Gasteiger partial charge in [-0.1, -0.05) is 35.3 Å². The molecule has 2 rings (SSSR count). The van der Waals surface area contributed by atoms with Crippen LogP contribution < -0.4 is 5.32 Å². The van der Waals surface area contributed by atoms with Crippen molar-refractivity contribution < 1.29 is 9.18 Å². The van der Waals surface area contributed by atoms with Crippen molar-refractivity contribution >= 4 is 29.2 Å². The lowest BCUT2D eigenvalue weighted by Gasteiger charge is -2.35. The highest BCUT2D eigenvalue weighted by molar-refractivity contribution is 6.43. The number of rotatable bonds is 5. The molecule has 1 aromatic carbocycles. The molecule has 0 bridgehead atoms. The van der Waals surface area contributed by atoms with Crippen LogP contribution in [0.2, 0.25) is 10.0 Å². The Morgan fingerprint density at radius 1 is 1.36 bits per heavy atom. The minimum absolute atomic E-state index is 0.123. The molecule has 0 spiro atoms. The Labute approximate surface area is 159 Å². The molecule has 1 aromatic rings. The van der Waals surface area contributed by atoms with E-state index in [0.29, 0.717) is 15.6 Å². The van der Waals surface area contributed by atoms with Gasteiger partial charge < -0.3 is 15.1 Å². The number of hydrogen-bond donors (Lipinski definition) is 1. The maximum atomic E-state index is 12.5. The molecule has 1 N–H and O–H groups in total. The van der Waals surface area contributed by atoms with Crippen LogP contribution in [0.15, 0.2) is 12.1 Å². The van der Waals surface area contributed by atoms with Crippen molar-refractivity contribution in [3.8, 4) is 0 Å². The second-order valence-electron chi connectivity index (χ2n) is 6.70. The number of nitrogens with zero attached hydrogens (tertiary/aromatic N) is 2. The summed E-state index contributed by atoms with van der Waals surface area (Å²) in [6.07, 6.45) is 2.18. The molecule has 1 aliphatic heterocycles. The first kappa shape index (κ1) is 20.3. The van der Waals surface area contributed by atoms with E-state index < -0.39 is 6.67 Å². The molecule has 0 radical (unpaired) electrons. The molecule has 4 nitrogen and oxygen atoms in total. The predicted molar refractivity (Wildman–Crippen MR) is 101 cm³/mol. The number of benzene rings is 1. The van der Waals surface area contributed by atoms with E-state index in [1.54, 1.807) is 17.0 Å². The van der Waals surface area contributed by atoms with Gasteiger partial charge in [-0.3, -0.25) is 4.39 Å². The summed E-state index contributed by atoms with van der Waals surface area (Å²) in [5.74, 6) is 0. The molecule has 1 heterocycles. The number of piperidine rings is 1. The van der Waals surface area contributed by atoms with Crippen molar-refractivity contribution in [1.82, 2.24) is 15.1 Å². The Hall–Kier alpha value is -1.04. The van der Waals surface area contributed by atoms with E-state index in [-0.39, 0.29) is 24.5 Å². The number of urea groups is 1. The van der Waals surface area contributed by atoms with Gasteiger partial charge in [0.05, 0.1) is 22.8 Å². The number of amides is 2. The average molecular weight is 390 g/mol. The van der Waals surface area contributed by atoms with E-state index >= 15 is 0 Å². The van der Waals surface area contributed by atoms with Crippen LogP contribution in [-0.4, -0.2) is 55.7 Å². The van der Waals surface area contributed by atoms with Crippen LogP contribution in [0.1, 0.15) is 36.9 Å². The van der Waals surface area contributed by atoms with Gasteiger partial charge in [-0.2, -0.15) is 0 Å². The lowest BCUT2D eigenvalue weighted by molar-refractivity contribution is 0.146. The van der Waals surface area contributed by atoms with Crippen LogP contribution in [0.3, 0.4) is 0 Å². The average Bonchev–Trinajstić information content (AvgIpc) is 2.59. The molecule has 0 aliphatic carbocycles. The summed E-state index contributed by atoms with van der Waals surface area (Å²) in [6, 6.07) is 3.41. The fourth-order valence-corrected chi connectivity index (χ4v) is 3.76. The van der Waals surface area contributed by atoms with Crippen molar-refractivity contribution in [2.24, 2.45) is 0 Å². The predicted octanol–water partition coefficient (Wildman–Crippen LogP) is 4.30. The molecule has 1 aliphatic rings. The number of nitrogens with one attached hydrogen (secondary N) is 1. The minimum atomic E-state index is -0.483. The van der Waals surface area contributed by atoms with Gasteiger partial charge in [0.2, 0.25) is 0 Å². The molecule has 1 unspecified atom stereocenters. The SMILES string of the molecule is CC(NC(=O)N(C)C1CCN(C)CC1)c1ccc(CCF)c(Cl)c1Cl. The van der Waals surface area contributed by atoms with E-state index in [1.807, 2.05) is 14.0 Å². The third-order valence-corrected chi connectivity index (χ3v) is 5.85. The zero-order valence-electron chi connectivity index (χ0n) is 15.0. The standard InChI is InChI=1S/C18H26Cl2FN3O/c1-12(15-5-4-13(6-9-21)16(19)17(15)20)22-18(25)24(3)14-7-10-23(2)11-8-14/h4-5,12,14H,6-11H2,1-3H3,(H,22,25). The summed E-state index contributed by atoms with van der Waals surface area (Å²) in [4.78, 5) is 16.6. The third kappa shape index (κ3) is 4.99. The second-order valence-corrected chi connectivity index (χ2v) is 7.45. The zero-order valence-corrected chi connectivity index (χ0v) is 16.5. The van der Waals surface area contributed by atoms with Crippen molar-refractivity contribution in [3.05, 3.63) is 33.3 Å². The van der Waals surface area contributed by atoms with Crippen molar-refractivity contribution in [2.45, 2.75) is 38.3 Å². The van der Waals surface area contributed by atoms with E-state index in [4.69, 9.17) is 23.2 Å². The summed E-state index contributed by atoms with van der Waals surface area (Å²) in [7, 11) is 3.92. The smallest absolute Gasteiger partial charge is 0.317 e. The molecule has 0 aromatic heterocycles. The zero-order chi connectivity index (χ0) is 18.6. The van der Waals surface area contributed by atoms with E-state index in [2.05, 4.69) is 17.3 Å². The summed E-state index contributed by atoms with van der Waals surface area (Å²) in [6.45, 7) is 3.38. The lowest BCUT2D eigenvalue weighted by Crippen LogP contribution is -2.48. The summed E-state index contributed by atoms with van der Waals surface area (Å²) in [5.41, 5.74) is 1.42. The van der Waals surface area contributed by atoms with Crippen LogP contribution in [-0.2, 0) is 6.42 Å². The van der Waals surface area contributed by atoms with Gasteiger partial charge in [0, 0.05) is 19.5 Å². The molecule has 25 heavy (non-hydrogen) atoms. The Balaban J connectivity index is 2.02. The first-order valence-electron chi connectivity index (χ1n) is 8.59. The van der Waals surface area contributed by atoms with Crippen LogP contribution in [0.5, 0.6) is 0 Å². The fraction of sp³-hybridized carbons (Fsp3) is 0.611. The van der Waals surface area contributed by atoms with Gasteiger partial charge in [0.25, 0.3) is 0 Å². The number of hydrogen-bond acceptors (Lipinski definition) is 2. The molecule has 2 amide bonds. The first-order chi connectivity index (χ1) is 11.8. The van der Waals surface area contributed by atoms with Crippen molar-refractivity contribution in [1.29, 1.82) is 0 Å². The lowest BCUT2D eigenvalue weighted by atomic mass is 10.0. The normalized spacial score (nSPS) is 17.4. The summed E-state index contributed by atoms with van der Waals surface area (Å²) < 4.78 is 12.5. The van der Waals surface area contributed by atoms with Gasteiger partial charge in [0.15, 0.2) is 0 Å². The van der Waals surface area contributed by atoms with Crippen LogP contribution in [0.25, 0.3) is 0 Å². The van der Waals surface area contributed by atoms with E-state index in [9.17, 15) is 9.18 Å². The van der Waals surface area contributed by atoms with E-state index in [0.717, 1.165) is 31.5 Å². The topological polar surface area (TPSA) is 35.6 Å². The number of carbonyl (C=O) groups excluding carboxylic acids is 1. The van der Waals surface area contributed by atoms with Crippen LogP contribution in [0, 0.1) is 0 Å². The third-order valence-electron chi connectivity index (χ3n) is 4.92. The van der Waals surface area contributed by atoms with E-state index in [1.165, 1.54) is 0 Å². The Bertz CT molecular complexity index is 606. The highest BCUT2D eigenvalue weighted by Crippen LogP contribution is 2.33. The molecule has 7 heteroatoms. The second kappa shape index (κ2) is 9.06. The Morgan fingerprint density at radius 2 is 2.00 bits per heavy atom.